The van der Waals surface area contributed by atoms with Gasteiger partial charge in [0.05, 0.1) is 31.9 Å². The van der Waals surface area contributed by atoms with Gasteiger partial charge >= 0.3 is 5.97 Å². The van der Waals surface area contributed by atoms with Crippen molar-refractivity contribution < 1.29 is 19.0 Å². The lowest BCUT2D eigenvalue weighted by Crippen LogP contribution is -2.09. The zero-order valence-electron chi connectivity index (χ0n) is 21.4. The molecule has 1 N–H and O–H groups in total. The fraction of sp³-hybridized carbons (Fsp3) is 0.233. The standard InChI is InChI=1S/C30H30ClN3O4/c1-3-36-29(35)17-19-38-27-14-10-25(11-15-27)33-30-32-21(2)20-28(34-30)23-6-12-26(13-7-23)37-18-16-22-4-8-24(31)9-5-22/h4-15,20H,3,16-19H2,1-2H3,(H,32,33,34). The van der Waals surface area contributed by atoms with Gasteiger partial charge < -0.3 is 19.5 Å². The maximum absolute atomic E-state index is 11.4. The summed E-state index contributed by atoms with van der Waals surface area (Å²) in [5.41, 5.74) is 4.63. The Balaban J connectivity index is 1.32. The summed E-state index contributed by atoms with van der Waals surface area (Å²) in [6.07, 6.45) is 1.02. The number of anilines is 2. The molecule has 7 nitrogen and oxygen atoms in total. The Labute approximate surface area is 227 Å². The highest BCUT2D eigenvalue weighted by atomic mass is 35.5. The molecule has 0 bridgehead atoms. The molecule has 38 heavy (non-hydrogen) atoms. The second-order valence-corrected chi connectivity index (χ2v) is 8.96. The van der Waals surface area contributed by atoms with Crippen molar-refractivity contribution in [2.45, 2.75) is 26.7 Å². The third-order valence-corrected chi connectivity index (χ3v) is 5.82. The second-order valence-electron chi connectivity index (χ2n) is 8.52. The molecule has 0 fully saturated rings. The lowest BCUT2D eigenvalue weighted by atomic mass is 10.1. The average molecular weight is 532 g/mol. The molecule has 0 aliphatic carbocycles. The first-order valence-corrected chi connectivity index (χ1v) is 12.8. The van der Waals surface area contributed by atoms with Gasteiger partial charge in [-0.25, -0.2) is 9.97 Å². The second kappa shape index (κ2) is 13.4. The van der Waals surface area contributed by atoms with E-state index in [1.807, 2.05) is 85.8 Å². The van der Waals surface area contributed by atoms with E-state index in [0.29, 0.717) is 24.9 Å². The summed E-state index contributed by atoms with van der Waals surface area (Å²) in [7, 11) is 0. The van der Waals surface area contributed by atoms with E-state index in [4.69, 9.17) is 30.8 Å². The summed E-state index contributed by atoms with van der Waals surface area (Å²) in [4.78, 5) is 20.6. The molecule has 0 spiro atoms. The predicted octanol–water partition coefficient (Wildman–Crippen LogP) is 6.80. The first kappa shape index (κ1) is 26.9. The summed E-state index contributed by atoms with van der Waals surface area (Å²) in [6, 6.07) is 25.0. The summed E-state index contributed by atoms with van der Waals surface area (Å²) in [5.74, 6) is 1.70. The maximum atomic E-state index is 11.4. The van der Waals surface area contributed by atoms with Crippen LogP contribution in [-0.2, 0) is 16.0 Å². The average Bonchev–Trinajstić information content (AvgIpc) is 2.91. The van der Waals surface area contributed by atoms with Crippen LogP contribution in [-0.4, -0.2) is 35.8 Å². The predicted molar refractivity (Wildman–Crippen MR) is 149 cm³/mol. The number of esters is 1. The van der Waals surface area contributed by atoms with Crippen LogP contribution in [0.5, 0.6) is 11.5 Å². The highest BCUT2D eigenvalue weighted by molar-refractivity contribution is 6.30. The van der Waals surface area contributed by atoms with Gasteiger partial charge in [0.15, 0.2) is 0 Å². The van der Waals surface area contributed by atoms with E-state index in [2.05, 4.69) is 10.3 Å². The number of aryl methyl sites for hydroxylation is 1. The van der Waals surface area contributed by atoms with E-state index in [9.17, 15) is 4.79 Å². The number of ether oxygens (including phenoxy) is 3. The van der Waals surface area contributed by atoms with Crippen LogP contribution >= 0.6 is 11.6 Å². The van der Waals surface area contributed by atoms with Crippen molar-refractivity contribution in [2.24, 2.45) is 0 Å². The number of nitrogens with one attached hydrogen (secondary N) is 1. The van der Waals surface area contributed by atoms with Gasteiger partial charge in [-0.05, 0) is 86.1 Å². The quantitative estimate of drug-likeness (QED) is 0.201. The van der Waals surface area contributed by atoms with E-state index < -0.39 is 0 Å². The van der Waals surface area contributed by atoms with E-state index >= 15 is 0 Å². The fourth-order valence-electron chi connectivity index (χ4n) is 3.68. The number of hydrogen-bond acceptors (Lipinski definition) is 7. The van der Waals surface area contributed by atoms with Gasteiger partial charge in [0.1, 0.15) is 11.5 Å². The van der Waals surface area contributed by atoms with Gasteiger partial charge in [-0.1, -0.05) is 23.7 Å². The molecule has 0 aliphatic rings. The van der Waals surface area contributed by atoms with E-state index in [0.717, 1.165) is 39.8 Å². The third kappa shape index (κ3) is 8.21. The Morgan fingerprint density at radius 2 is 1.53 bits per heavy atom. The molecule has 196 valence electrons. The number of hydrogen-bond donors (Lipinski definition) is 1. The number of aromatic nitrogens is 2. The molecule has 4 rings (SSSR count). The van der Waals surface area contributed by atoms with Crippen molar-refractivity contribution in [1.82, 2.24) is 9.97 Å². The van der Waals surface area contributed by atoms with Gasteiger partial charge in [0.25, 0.3) is 0 Å². The zero-order chi connectivity index (χ0) is 26.7. The van der Waals surface area contributed by atoms with Crippen LogP contribution in [0.4, 0.5) is 11.6 Å². The van der Waals surface area contributed by atoms with Crippen LogP contribution in [0.15, 0.2) is 78.9 Å². The number of halogens is 1. The van der Waals surface area contributed by atoms with Gasteiger partial charge in [0, 0.05) is 28.4 Å². The van der Waals surface area contributed by atoms with Crippen LogP contribution in [0.25, 0.3) is 11.3 Å². The fourth-order valence-corrected chi connectivity index (χ4v) is 3.81. The first-order valence-electron chi connectivity index (χ1n) is 12.5. The molecular weight excluding hydrogens is 502 g/mol. The Bertz CT molecular complexity index is 1330. The summed E-state index contributed by atoms with van der Waals surface area (Å²) < 4.78 is 16.4. The molecule has 0 saturated heterocycles. The number of rotatable bonds is 12. The van der Waals surface area contributed by atoms with E-state index in [-0.39, 0.29) is 19.0 Å². The Hall–Kier alpha value is -4.10. The zero-order valence-corrected chi connectivity index (χ0v) is 22.2. The van der Waals surface area contributed by atoms with Crippen LogP contribution in [0.2, 0.25) is 5.02 Å². The van der Waals surface area contributed by atoms with Crippen LogP contribution in [0.1, 0.15) is 24.6 Å². The summed E-state index contributed by atoms with van der Waals surface area (Å²) in [6.45, 7) is 4.93. The number of carbonyl (C=O) groups is 1. The Morgan fingerprint density at radius 1 is 0.868 bits per heavy atom. The summed E-state index contributed by atoms with van der Waals surface area (Å²) in [5, 5.41) is 3.98. The minimum atomic E-state index is -0.269. The molecule has 4 aromatic rings. The van der Waals surface area contributed by atoms with Crippen molar-refractivity contribution in [3.63, 3.8) is 0 Å². The lowest BCUT2D eigenvalue weighted by molar-refractivity contribution is -0.143. The topological polar surface area (TPSA) is 82.6 Å². The number of carbonyl (C=O) groups excluding carboxylic acids is 1. The summed E-state index contributed by atoms with van der Waals surface area (Å²) >= 11 is 5.94. The monoisotopic (exact) mass is 531 g/mol. The largest absolute Gasteiger partial charge is 0.493 e. The van der Waals surface area contributed by atoms with Gasteiger partial charge in [-0.2, -0.15) is 0 Å². The van der Waals surface area contributed by atoms with Crippen molar-refractivity contribution in [2.75, 3.05) is 25.1 Å². The van der Waals surface area contributed by atoms with Gasteiger partial charge in [0.2, 0.25) is 5.95 Å². The molecule has 0 atom stereocenters. The molecule has 0 radical (unpaired) electrons. The Kier molecular flexibility index (Phi) is 9.54. The molecule has 1 aromatic heterocycles. The van der Waals surface area contributed by atoms with Crippen LogP contribution in [0.3, 0.4) is 0 Å². The normalized spacial score (nSPS) is 10.6. The molecule has 3 aromatic carbocycles. The Morgan fingerprint density at radius 3 is 2.21 bits per heavy atom. The van der Waals surface area contributed by atoms with Crippen LogP contribution < -0.4 is 14.8 Å². The molecule has 0 aliphatic heterocycles. The number of benzene rings is 3. The van der Waals surface area contributed by atoms with Crippen molar-refractivity contribution >= 4 is 29.2 Å². The van der Waals surface area contributed by atoms with Gasteiger partial charge in [-0.15, -0.1) is 0 Å². The molecular formula is C30H30ClN3O4. The van der Waals surface area contributed by atoms with E-state index in [1.165, 1.54) is 5.56 Å². The minimum absolute atomic E-state index is 0.213. The molecule has 8 heteroatoms. The van der Waals surface area contributed by atoms with Crippen LogP contribution in [0, 0.1) is 6.92 Å². The first-order chi connectivity index (χ1) is 18.5. The SMILES string of the molecule is CCOC(=O)CCOc1ccc(Nc2nc(C)cc(-c3ccc(OCCc4ccc(Cl)cc4)cc3)n2)cc1. The highest BCUT2D eigenvalue weighted by Gasteiger charge is 2.07. The van der Waals surface area contributed by atoms with Gasteiger partial charge in [-0.3, -0.25) is 4.79 Å². The van der Waals surface area contributed by atoms with Crippen molar-refractivity contribution in [3.8, 4) is 22.8 Å². The highest BCUT2D eigenvalue weighted by Crippen LogP contribution is 2.24. The molecule has 0 saturated carbocycles. The molecule has 0 unspecified atom stereocenters. The molecule has 0 amide bonds. The van der Waals surface area contributed by atoms with Crippen molar-refractivity contribution in [1.29, 1.82) is 0 Å². The minimum Gasteiger partial charge on any atom is -0.493 e. The van der Waals surface area contributed by atoms with E-state index in [1.54, 1.807) is 6.92 Å². The lowest BCUT2D eigenvalue weighted by Gasteiger charge is -2.11. The van der Waals surface area contributed by atoms with Crippen molar-refractivity contribution in [3.05, 3.63) is 95.1 Å². The maximum Gasteiger partial charge on any atom is 0.309 e. The number of nitrogens with zero attached hydrogens (tertiary/aromatic N) is 2. The third-order valence-electron chi connectivity index (χ3n) is 5.57. The smallest absolute Gasteiger partial charge is 0.309 e. The molecule has 1 heterocycles.